The lowest BCUT2D eigenvalue weighted by atomic mass is 9.75. The van der Waals surface area contributed by atoms with Crippen molar-refractivity contribution in [3.8, 4) is 0 Å². The van der Waals surface area contributed by atoms with Crippen LogP contribution >= 0.6 is 0 Å². The van der Waals surface area contributed by atoms with Gasteiger partial charge in [-0.15, -0.1) is 0 Å². The van der Waals surface area contributed by atoms with E-state index >= 15 is 0 Å². The fourth-order valence-corrected chi connectivity index (χ4v) is 3.78. The third kappa shape index (κ3) is 6.09. The first kappa shape index (κ1) is 20.9. The molecule has 6 heteroatoms. The first-order chi connectivity index (χ1) is 12.3. The molecule has 2 aliphatic rings. The molecule has 148 valence electrons. The van der Waals surface area contributed by atoms with Gasteiger partial charge >= 0.3 is 11.9 Å². The minimum Gasteiger partial charge on any atom is -0.463 e. The molecule has 1 heterocycles. The fraction of sp³-hybridized carbons (Fsp3) is 0.800. The van der Waals surface area contributed by atoms with E-state index in [2.05, 4.69) is 20.8 Å². The van der Waals surface area contributed by atoms with Crippen LogP contribution in [0.4, 0.5) is 0 Å². The second-order valence-electron chi connectivity index (χ2n) is 7.81. The van der Waals surface area contributed by atoms with Crippen molar-refractivity contribution in [2.24, 2.45) is 17.8 Å². The standard InChI is InChI=1S/C20H32O6/c1-12(2)16-7-6-13(3)10-18(16)25-20-9-8-17(24-15(5)22)19(26-20)11-23-14(4)21/h8-9,12-13,16-20H,6-7,10-11H2,1-5H3/t13-,16+,17+,18?,19-,20+/m1/s1. The van der Waals surface area contributed by atoms with Crippen LogP contribution in [0, 0.1) is 17.8 Å². The van der Waals surface area contributed by atoms with Crippen LogP contribution < -0.4 is 0 Å². The Morgan fingerprint density at radius 1 is 1.15 bits per heavy atom. The number of hydrogen-bond donors (Lipinski definition) is 0. The zero-order valence-corrected chi connectivity index (χ0v) is 16.5. The number of carbonyl (C=O) groups excluding carboxylic acids is 2. The molecule has 26 heavy (non-hydrogen) atoms. The molecular weight excluding hydrogens is 336 g/mol. The van der Waals surface area contributed by atoms with Crippen molar-refractivity contribution in [2.45, 2.75) is 78.5 Å². The van der Waals surface area contributed by atoms with Crippen molar-refractivity contribution < 1.29 is 28.5 Å². The summed E-state index contributed by atoms with van der Waals surface area (Å²) in [5.74, 6) is 0.875. The maximum atomic E-state index is 11.3. The maximum absolute atomic E-state index is 11.3. The summed E-state index contributed by atoms with van der Waals surface area (Å²) in [6.45, 7) is 9.42. The molecule has 2 rings (SSSR count). The summed E-state index contributed by atoms with van der Waals surface area (Å²) in [6.07, 6.45) is 5.40. The highest BCUT2D eigenvalue weighted by atomic mass is 16.7. The van der Waals surface area contributed by atoms with Crippen LogP contribution in [0.15, 0.2) is 12.2 Å². The highest BCUT2D eigenvalue weighted by Crippen LogP contribution is 2.36. The van der Waals surface area contributed by atoms with E-state index in [9.17, 15) is 9.59 Å². The smallest absolute Gasteiger partial charge is 0.303 e. The molecule has 0 radical (unpaired) electrons. The molecule has 0 amide bonds. The lowest BCUT2D eigenvalue weighted by Crippen LogP contribution is -2.44. The largest absolute Gasteiger partial charge is 0.463 e. The van der Waals surface area contributed by atoms with Crippen molar-refractivity contribution >= 4 is 11.9 Å². The van der Waals surface area contributed by atoms with Gasteiger partial charge in [-0.25, -0.2) is 0 Å². The van der Waals surface area contributed by atoms with E-state index in [1.54, 1.807) is 12.2 Å². The summed E-state index contributed by atoms with van der Waals surface area (Å²) in [7, 11) is 0. The van der Waals surface area contributed by atoms with E-state index in [1.807, 2.05) is 0 Å². The summed E-state index contributed by atoms with van der Waals surface area (Å²) < 4.78 is 22.5. The highest BCUT2D eigenvalue weighted by molar-refractivity contribution is 5.66. The van der Waals surface area contributed by atoms with Gasteiger partial charge in [-0.05, 0) is 42.7 Å². The fourth-order valence-electron chi connectivity index (χ4n) is 3.78. The zero-order chi connectivity index (χ0) is 19.3. The van der Waals surface area contributed by atoms with Gasteiger partial charge in [-0.1, -0.05) is 27.2 Å². The van der Waals surface area contributed by atoms with Gasteiger partial charge in [-0.3, -0.25) is 9.59 Å². The van der Waals surface area contributed by atoms with E-state index < -0.39 is 30.4 Å². The van der Waals surface area contributed by atoms with Crippen molar-refractivity contribution in [1.82, 2.24) is 0 Å². The second-order valence-corrected chi connectivity index (χ2v) is 7.81. The quantitative estimate of drug-likeness (QED) is 0.529. The van der Waals surface area contributed by atoms with Crippen LogP contribution in [0.5, 0.6) is 0 Å². The summed E-state index contributed by atoms with van der Waals surface area (Å²) in [6, 6.07) is 0. The predicted octanol–water partition coefficient (Wildman–Crippen LogP) is 3.24. The lowest BCUT2D eigenvalue weighted by molar-refractivity contribution is -0.222. The first-order valence-corrected chi connectivity index (χ1v) is 9.56. The van der Waals surface area contributed by atoms with Gasteiger partial charge in [0, 0.05) is 13.8 Å². The average molecular weight is 368 g/mol. The van der Waals surface area contributed by atoms with Crippen LogP contribution in [0.2, 0.25) is 0 Å². The van der Waals surface area contributed by atoms with Gasteiger partial charge in [0.05, 0.1) is 6.10 Å². The Hall–Kier alpha value is -1.40. The van der Waals surface area contributed by atoms with Crippen LogP contribution in [0.1, 0.15) is 53.9 Å². The monoisotopic (exact) mass is 368 g/mol. The van der Waals surface area contributed by atoms with E-state index in [0.29, 0.717) is 17.8 Å². The summed E-state index contributed by atoms with van der Waals surface area (Å²) in [5.41, 5.74) is 0. The van der Waals surface area contributed by atoms with Crippen LogP contribution in [0.25, 0.3) is 0 Å². The highest BCUT2D eigenvalue weighted by Gasteiger charge is 2.36. The van der Waals surface area contributed by atoms with Gasteiger partial charge in [0.2, 0.25) is 0 Å². The Bertz CT molecular complexity index is 514. The van der Waals surface area contributed by atoms with E-state index in [4.69, 9.17) is 18.9 Å². The summed E-state index contributed by atoms with van der Waals surface area (Å²) >= 11 is 0. The first-order valence-electron chi connectivity index (χ1n) is 9.56. The number of carbonyl (C=O) groups is 2. The predicted molar refractivity (Wildman–Crippen MR) is 96.2 cm³/mol. The molecule has 0 saturated heterocycles. The molecule has 0 bridgehead atoms. The maximum Gasteiger partial charge on any atom is 0.303 e. The van der Waals surface area contributed by atoms with Gasteiger partial charge in [0.1, 0.15) is 18.8 Å². The number of rotatable bonds is 6. The molecule has 6 atom stereocenters. The molecule has 0 aromatic heterocycles. The lowest BCUT2D eigenvalue weighted by Gasteiger charge is -2.40. The van der Waals surface area contributed by atoms with Crippen molar-refractivity contribution in [2.75, 3.05) is 6.61 Å². The molecule has 0 N–H and O–H groups in total. The average Bonchev–Trinajstić information content (AvgIpc) is 2.54. The van der Waals surface area contributed by atoms with Gasteiger partial charge in [-0.2, -0.15) is 0 Å². The van der Waals surface area contributed by atoms with E-state index in [0.717, 1.165) is 12.8 Å². The number of hydrogen-bond acceptors (Lipinski definition) is 6. The molecular formula is C20H32O6. The van der Waals surface area contributed by atoms with Crippen LogP contribution in [-0.4, -0.2) is 43.1 Å². The van der Waals surface area contributed by atoms with Gasteiger partial charge < -0.3 is 18.9 Å². The van der Waals surface area contributed by atoms with Gasteiger partial charge in [0.25, 0.3) is 0 Å². The third-order valence-corrected chi connectivity index (χ3v) is 5.16. The number of esters is 2. The molecule has 0 aromatic carbocycles. The normalized spacial score (nSPS) is 34.5. The minimum atomic E-state index is -0.585. The Kier molecular flexibility index (Phi) is 7.65. The third-order valence-electron chi connectivity index (χ3n) is 5.16. The van der Waals surface area contributed by atoms with Crippen molar-refractivity contribution in [3.63, 3.8) is 0 Å². The molecule has 1 aliphatic heterocycles. The Balaban J connectivity index is 2.03. The van der Waals surface area contributed by atoms with E-state index in [-0.39, 0.29) is 12.7 Å². The Morgan fingerprint density at radius 2 is 1.88 bits per heavy atom. The molecule has 1 saturated carbocycles. The molecule has 0 aromatic rings. The topological polar surface area (TPSA) is 71.1 Å². The van der Waals surface area contributed by atoms with Crippen molar-refractivity contribution in [3.05, 3.63) is 12.2 Å². The molecule has 1 fully saturated rings. The molecule has 1 unspecified atom stereocenters. The SMILES string of the molecule is CC(=O)OC[C@H]1O[C@H](OC2C[C@H](C)CC[C@H]2C(C)C)C=C[C@@H]1OC(C)=O. The van der Waals surface area contributed by atoms with Crippen LogP contribution in [0.3, 0.4) is 0 Å². The minimum absolute atomic E-state index is 0.0200. The van der Waals surface area contributed by atoms with Crippen molar-refractivity contribution in [1.29, 1.82) is 0 Å². The second kappa shape index (κ2) is 9.51. The molecule has 0 spiro atoms. The van der Waals surface area contributed by atoms with Crippen LogP contribution in [-0.2, 0) is 28.5 Å². The Morgan fingerprint density at radius 3 is 2.50 bits per heavy atom. The van der Waals surface area contributed by atoms with E-state index in [1.165, 1.54) is 20.3 Å². The Labute approximate surface area is 156 Å². The number of ether oxygens (including phenoxy) is 4. The zero-order valence-electron chi connectivity index (χ0n) is 16.5. The summed E-state index contributed by atoms with van der Waals surface area (Å²) in [4.78, 5) is 22.4. The summed E-state index contributed by atoms with van der Waals surface area (Å²) in [5, 5.41) is 0. The molecule has 1 aliphatic carbocycles. The van der Waals surface area contributed by atoms with Gasteiger partial charge in [0.15, 0.2) is 6.29 Å². The molecule has 6 nitrogen and oxygen atoms in total.